The number of nitrogens with zero attached hydrogens (tertiary/aromatic N) is 1. The van der Waals surface area contributed by atoms with Gasteiger partial charge in [-0.25, -0.2) is 0 Å². The molecule has 1 heterocycles. The van der Waals surface area contributed by atoms with Crippen molar-refractivity contribution in [1.82, 2.24) is 4.98 Å². The number of carbonyl (C=O) groups is 1. The van der Waals surface area contributed by atoms with Crippen molar-refractivity contribution in [2.75, 3.05) is 7.11 Å². The first kappa shape index (κ1) is 13.1. The van der Waals surface area contributed by atoms with Gasteiger partial charge in [0.2, 0.25) is 0 Å². The summed E-state index contributed by atoms with van der Waals surface area (Å²) in [5, 5.41) is 0.783. The molecule has 0 unspecified atom stereocenters. The van der Waals surface area contributed by atoms with Crippen molar-refractivity contribution in [3.8, 4) is 11.5 Å². The fraction of sp³-hybridized carbons (Fsp3) is 0.286. The quantitative estimate of drug-likeness (QED) is 0.913. The lowest BCUT2D eigenvalue weighted by Crippen LogP contribution is -2.15. The first-order valence-electron chi connectivity index (χ1n) is 5.96. The lowest BCUT2D eigenvalue weighted by Gasteiger charge is -2.14. The second-order valence-corrected chi connectivity index (χ2v) is 4.41. The molecular formula is C14H16N2O3. The van der Waals surface area contributed by atoms with Gasteiger partial charge in [0, 0.05) is 11.6 Å². The SMILES string of the molecule is COc1ccnc2cc(C(N)=O)c(OC(C)C)cc12. The molecular weight excluding hydrogens is 244 g/mol. The zero-order valence-corrected chi connectivity index (χ0v) is 11.1. The number of hydrogen-bond donors (Lipinski definition) is 1. The largest absolute Gasteiger partial charge is 0.496 e. The predicted molar refractivity (Wildman–Crippen MR) is 72.6 cm³/mol. The number of primary amides is 1. The van der Waals surface area contributed by atoms with Crippen molar-refractivity contribution >= 4 is 16.8 Å². The first-order chi connectivity index (χ1) is 9.02. The van der Waals surface area contributed by atoms with E-state index in [1.54, 1.807) is 31.5 Å². The van der Waals surface area contributed by atoms with E-state index in [0.717, 1.165) is 5.39 Å². The van der Waals surface area contributed by atoms with Gasteiger partial charge in [0.25, 0.3) is 5.91 Å². The third-order valence-electron chi connectivity index (χ3n) is 2.65. The predicted octanol–water partition coefficient (Wildman–Crippen LogP) is 2.13. The molecule has 1 amide bonds. The van der Waals surface area contributed by atoms with Crippen LogP contribution in [-0.2, 0) is 0 Å². The molecule has 0 fully saturated rings. The first-order valence-corrected chi connectivity index (χ1v) is 5.96. The van der Waals surface area contributed by atoms with Crippen LogP contribution in [0.5, 0.6) is 11.5 Å². The molecule has 0 saturated heterocycles. The minimum absolute atomic E-state index is 0.0572. The zero-order valence-electron chi connectivity index (χ0n) is 11.1. The van der Waals surface area contributed by atoms with Gasteiger partial charge >= 0.3 is 0 Å². The fourth-order valence-electron chi connectivity index (χ4n) is 1.87. The Kier molecular flexibility index (Phi) is 3.55. The van der Waals surface area contributed by atoms with Crippen LogP contribution in [-0.4, -0.2) is 24.1 Å². The number of methoxy groups -OCH3 is 1. The summed E-state index contributed by atoms with van der Waals surface area (Å²) < 4.78 is 10.9. The number of hydrogen-bond acceptors (Lipinski definition) is 4. The molecule has 0 aliphatic heterocycles. The van der Waals surface area contributed by atoms with E-state index >= 15 is 0 Å². The lowest BCUT2D eigenvalue weighted by molar-refractivity contribution is 0.0994. The van der Waals surface area contributed by atoms with Gasteiger partial charge in [-0.05, 0) is 32.0 Å². The maximum absolute atomic E-state index is 11.5. The molecule has 100 valence electrons. The third-order valence-corrected chi connectivity index (χ3v) is 2.65. The second kappa shape index (κ2) is 5.14. The average Bonchev–Trinajstić information content (AvgIpc) is 2.36. The third kappa shape index (κ3) is 2.59. The number of rotatable bonds is 4. The number of nitrogens with two attached hydrogens (primary N) is 1. The number of aromatic nitrogens is 1. The molecule has 1 aromatic carbocycles. The number of pyridine rings is 1. The number of ether oxygens (including phenoxy) is 2. The Balaban J connectivity index is 2.69. The Morgan fingerprint density at radius 1 is 1.32 bits per heavy atom. The molecule has 0 bridgehead atoms. The van der Waals surface area contributed by atoms with E-state index in [9.17, 15) is 4.79 Å². The Hall–Kier alpha value is -2.30. The van der Waals surface area contributed by atoms with Crippen LogP contribution in [0.1, 0.15) is 24.2 Å². The molecule has 0 radical (unpaired) electrons. The van der Waals surface area contributed by atoms with Gasteiger partial charge in [-0.15, -0.1) is 0 Å². The highest BCUT2D eigenvalue weighted by atomic mass is 16.5. The lowest BCUT2D eigenvalue weighted by atomic mass is 10.1. The van der Waals surface area contributed by atoms with E-state index in [1.165, 1.54) is 0 Å². The number of carbonyl (C=O) groups excluding carboxylic acids is 1. The molecule has 1 aromatic heterocycles. The van der Waals surface area contributed by atoms with Crippen LogP contribution < -0.4 is 15.2 Å². The summed E-state index contributed by atoms with van der Waals surface area (Å²) in [4.78, 5) is 15.7. The van der Waals surface area contributed by atoms with E-state index in [0.29, 0.717) is 22.6 Å². The monoisotopic (exact) mass is 260 g/mol. The highest BCUT2D eigenvalue weighted by Gasteiger charge is 2.15. The minimum Gasteiger partial charge on any atom is -0.496 e. The molecule has 0 aliphatic rings. The van der Waals surface area contributed by atoms with Crippen molar-refractivity contribution in [1.29, 1.82) is 0 Å². The van der Waals surface area contributed by atoms with Crippen molar-refractivity contribution in [3.63, 3.8) is 0 Å². The topological polar surface area (TPSA) is 74.4 Å². The van der Waals surface area contributed by atoms with Gasteiger partial charge in [-0.3, -0.25) is 9.78 Å². The highest BCUT2D eigenvalue weighted by molar-refractivity contribution is 6.01. The molecule has 0 atom stereocenters. The van der Waals surface area contributed by atoms with E-state index in [2.05, 4.69) is 4.98 Å². The molecule has 0 spiro atoms. The van der Waals surface area contributed by atoms with Crippen LogP contribution in [0.3, 0.4) is 0 Å². The van der Waals surface area contributed by atoms with E-state index in [-0.39, 0.29) is 6.10 Å². The minimum atomic E-state index is -0.540. The molecule has 0 saturated carbocycles. The molecule has 5 heteroatoms. The van der Waals surface area contributed by atoms with Crippen molar-refractivity contribution in [2.45, 2.75) is 20.0 Å². The van der Waals surface area contributed by atoms with Crippen LogP contribution in [0.2, 0.25) is 0 Å². The van der Waals surface area contributed by atoms with Gasteiger partial charge in [-0.1, -0.05) is 0 Å². The molecule has 5 nitrogen and oxygen atoms in total. The molecule has 0 aliphatic carbocycles. The van der Waals surface area contributed by atoms with Crippen molar-refractivity contribution < 1.29 is 14.3 Å². The summed E-state index contributed by atoms with van der Waals surface area (Å²) in [6, 6.07) is 5.12. The number of fused-ring (bicyclic) bond motifs is 1. The molecule has 2 aromatic rings. The van der Waals surface area contributed by atoms with Crippen LogP contribution in [0.15, 0.2) is 24.4 Å². The van der Waals surface area contributed by atoms with Gasteiger partial charge in [0.1, 0.15) is 11.5 Å². The normalized spacial score (nSPS) is 10.7. The van der Waals surface area contributed by atoms with Crippen LogP contribution in [0.25, 0.3) is 10.9 Å². The maximum Gasteiger partial charge on any atom is 0.252 e. The zero-order chi connectivity index (χ0) is 14.0. The summed E-state index contributed by atoms with van der Waals surface area (Å²) in [5.41, 5.74) is 6.34. The van der Waals surface area contributed by atoms with E-state index in [4.69, 9.17) is 15.2 Å². The molecule has 2 rings (SSSR count). The Morgan fingerprint density at radius 3 is 2.63 bits per heavy atom. The van der Waals surface area contributed by atoms with Crippen LogP contribution in [0, 0.1) is 0 Å². The summed E-state index contributed by atoms with van der Waals surface area (Å²) in [6.07, 6.45) is 1.56. The Morgan fingerprint density at radius 2 is 2.05 bits per heavy atom. The van der Waals surface area contributed by atoms with Gasteiger partial charge in [-0.2, -0.15) is 0 Å². The van der Waals surface area contributed by atoms with Gasteiger partial charge in [0.05, 0.1) is 24.3 Å². The fourth-order valence-corrected chi connectivity index (χ4v) is 1.87. The second-order valence-electron chi connectivity index (χ2n) is 4.41. The summed E-state index contributed by atoms with van der Waals surface area (Å²) in [7, 11) is 1.58. The van der Waals surface area contributed by atoms with Crippen LogP contribution in [0.4, 0.5) is 0 Å². The van der Waals surface area contributed by atoms with Gasteiger partial charge < -0.3 is 15.2 Å². The highest BCUT2D eigenvalue weighted by Crippen LogP contribution is 2.31. The maximum atomic E-state index is 11.5. The van der Waals surface area contributed by atoms with E-state index < -0.39 is 5.91 Å². The van der Waals surface area contributed by atoms with Crippen molar-refractivity contribution in [2.24, 2.45) is 5.73 Å². The smallest absolute Gasteiger partial charge is 0.252 e. The molecule has 19 heavy (non-hydrogen) atoms. The van der Waals surface area contributed by atoms with Crippen LogP contribution >= 0.6 is 0 Å². The molecule has 2 N–H and O–H groups in total. The van der Waals surface area contributed by atoms with Gasteiger partial charge in [0.15, 0.2) is 0 Å². The number of amides is 1. The average molecular weight is 260 g/mol. The summed E-state index contributed by atoms with van der Waals surface area (Å²) in [5.74, 6) is 0.582. The van der Waals surface area contributed by atoms with E-state index in [1.807, 2.05) is 13.8 Å². The Bertz CT molecular complexity index is 623. The summed E-state index contributed by atoms with van der Waals surface area (Å²) in [6.45, 7) is 3.77. The van der Waals surface area contributed by atoms with Crippen molar-refractivity contribution in [3.05, 3.63) is 30.0 Å². The summed E-state index contributed by atoms with van der Waals surface area (Å²) >= 11 is 0. The Labute approximate surface area is 111 Å². The standard InChI is InChI=1S/C14H16N2O3/c1-8(2)19-13-7-9-11(6-10(13)14(15)17)16-5-4-12(9)18-3/h4-8H,1-3H3,(H2,15,17). The number of benzene rings is 1.